The molecule has 8 heteroatoms. The maximum absolute atomic E-state index is 9.63. The summed E-state index contributed by atoms with van der Waals surface area (Å²) in [6.45, 7) is 18.7. The Labute approximate surface area is 242 Å². The van der Waals surface area contributed by atoms with E-state index >= 15 is 0 Å². The van der Waals surface area contributed by atoms with Gasteiger partial charge in [-0.2, -0.15) is 0 Å². The van der Waals surface area contributed by atoms with E-state index in [-0.39, 0.29) is 6.04 Å². The molecular formula is C31H45ClN4O2S. The molecule has 0 bridgehead atoms. The zero-order chi connectivity index (χ0) is 30.1. The lowest BCUT2D eigenvalue weighted by molar-refractivity contribution is 0.246. The number of benzene rings is 1. The summed E-state index contributed by atoms with van der Waals surface area (Å²) < 4.78 is 19.3. The van der Waals surface area contributed by atoms with Crippen LogP contribution in [0.3, 0.4) is 0 Å². The van der Waals surface area contributed by atoms with Gasteiger partial charge in [-0.15, -0.1) is 0 Å². The van der Waals surface area contributed by atoms with Crippen molar-refractivity contribution in [2.45, 2.75) is 39.2 Å². The molecule has 0 saturated carbocycles. The van der Waals surface area contributed by atoms with E-state index < -0.39 is 9.84 Å². The Morgan fingerprint density at radius 3 is 2.18 bits per heavy atom. The number of rotatable bonds is 7. The molecule has 1 fully saturated rings. The molecule has 1 atom stereocenters. The fourth-order valence-electron chi connectivity index (χ4n) is 3.11. The summed E-state index contributed by atoms with van der Waals surface area (Å²) in [6, 6.07) is 8.44. The normalized spacial score (nSPS) is 15.8. The molecule has 1 saturated heterocycles. The van der Waals surface area contributed by atoms with Crippen LogP contribution in [0, 0.1) is 0 Å². The van der Waals surface area contributed by atoms with E-state index in [1.54, 1.807) is 18.4 Å². The van der Waals surface area contributed by atoms with Crippen LogP contribution in [0.5, 0.6) is 0 Å². The molecule has 0 amide bonds. The monoisotopic (exact) mass is 572 g/mol. The Morgan fingerprint density at radius 2 is 1.69 bits per heavy atom. The molecule has 0 aromatic heterocycles. The summed E-state index contributed by atoms with van der Waals surface area (Å²) in [6.07, 6.45) is 23.3. The van der Waals surface area contributed by atoms with Crippen LogP contribution in [0.1, 0.15) is 44.7 Å². The van der Waals surface area contributed by atoms with Gasteiger partial charge in [0.1, 0.15) is 15.7 Å². The number of allylic oxidation sites excluding steroid dienone is 7. The lowest BCUT2D eigenvalue weighted by atomic mass is 9.95. The number of nitrogens with two attached hydrogens (primary N) is 1. The minimum atomic E-state index is -2.67. The summed E-state index contributed by atoms with van der Waals surface area (Å²) in [5.74, 6) is 0.954. The average molecular weight is 573 g/mol. The Balaban J connectivity index is 0. The third-order valence-electron chi connectivity index (χ3n) is 4.65. The molecule has 0 radical (unpaired) electrons. The van der Waals surface area contributed by atoms with Crippen LogP contribution in [0.25, 0.3) is 0 Å². The number of halogens is 1. The molecule has 6 nitrogen and oxygen atoms in total. The van der Waals surface area contributed by atoms with Gasteiger partial charge in [0.05, 0.1) is 6.04 Å². The highest BCUT2D eigenvalue weighted by atomic mass is 35.5. The number of aliphatic imine (C=N–C) groups is 2. The average Bonchev–Trinajstić information content (AvgIpc) is 2.89. The predicted octanol–water partition coefficient (Wildman–Crippen LogP) is 7.62. The summed E-state index contributed by atoms with van der Waals surface area (Å²) in [5, 5.41) is 0.778. The molecule has 2 rings (SSSR count). The van der Waals surface area contributed by atoms with Gasteiger partial charge in [0.25, 0.3) is 0 Å². The van der Waals surface area contributed by atoms with Gasteiger partial charge < -0.3 is 10.6 Å². The van der Waals surface area contributed by atoms with Crippen LogP contribution < -0.4 is 5.73 Å². The predicted molar refractivity (Wildman–Crippen MR) is 174 cm³/mol. The van der Waals surface area contributed by atoms with Crippen molar-refractivity contribution in [2.24, 2.45) is 15.7 Å². The Bertz CT molecular complexity index is 1110. The molecular weight excluding hydrogens is 528 g/mol. The van der Waals surface area contributed by atoms with Crippen molar-refractivity contribution < 1.29 is 8.42 Å². The molecule has 0 aliphatic carbocycles. The number of amidine groups is 1. The molecule has 1 aliphatic rings. The van der Waals surface area contributed by atoms with Crippen LogP contribution in [0.15, 0.2) is 121 Å². The molecule has 214 valence electrons. The summed E-state index contributed by atoms with van der Waals surface area (Å²) >= 11 is 6.22. The Kier molecular flexibility index (Phi) is 22.9. The van der Waals surface area contributed by atoms with Crippen LogP contribution >= 0.6 is 11.6 Å². The van der Waals surface area contributed by atoms with Crippen molar-refractivity contribution >= 4 is 33.5 Å². The van der Waals surface area contributed by atoms with Crippen molar-refractivity contribution in [3.63, 3.8) is 0 Å². The van der Waals surface area contributed by atoms with E-state index in [0.29, 0.717) is 0 Å². The van der Waals surface area contributed by atoms with Gasteiger partial charge in [0.15, 0.2) is 0 Å². The maximum atomic E-state index is 9.63. The standard InChI is InChI=1S/C21H26ClN3.C6H8.C2H5N.C2H6O2S/c1-4-17(3)24-21(13-9-14-23-5-2)25-15-7-6-12-20(25)18-10-8-11-19(22)16-18;1-3-5-6-4-2;1-2-3;1-5(2,3)4/h4-5,8-11,13-14,16,20H,2,6-7,12,15H2,1,3H3;3-6H,1-2H2;2H,1,3H2;1-2H3/b13-9-,17-4+,23-14?,24-21-;6-5-;;. The fraction of sp³-hybridized carbons (Fsp3) is 0.290. The largest absolute Gasteiger partial charge is 0.405 e. The van der Waals surface area contributed by atoms with Gasteiger partial charge in [-0.05, 0) is 69.2 Å². The van der Waals surface area contributed by atoms with Crippen molar-refractivity contribution in [1.29, 1.82) is 0 Å². The van der Waals surface area contributed by atoms with E-state index in [4.69, 9.17) is 16.6 Å². The maximum Gasteiger partial charge on any atom is 0.144 e. The van der Waals surface area contributed by atoms with Crippen LogP contribution in [-0.2, 0) is 9.84 Å². The minimum Gasteiger partial charge on any atom is -0.405 e. The first-order valence-corrected chi connectivity index (χ1v) is 15.1. The van der Waals surface area contributed by atoms with Crippen molar-refractivity contribution in [2.75, 3.05) is 19.1 Å². The first-order valence-electron chi connectivity index (χ1n) is 12.4. The van der Waals surface area contributed by atoms with Crippen molar-refractivity contribution in [3.8, 4) is 0 Å². The number of likely N-dealkylation sites (tertiary alicyclic amines) is 1. The van der Waals surface area contributed by atoms with Crippen molar-refractivity contribution in [3.05, 3.63) is 122 Å². The molecule has 1 aliphatic heterocycles. The fourth-order valence-corrected chi connectivity index (χ4v) is 3.30. The minimum absolute atomic E-state index is 0.289. The molecule has 1 unspecified atom stereocenters. The van der Waals surface area contributed by atoms with Gasteiger partial charge in [0.2, 0.25) is 0 Å². The van der Waals surface area contributed by atoms with Gasteiger partial charge in [-0.25, -0.2) is 13.4 Å². The number of nitrogens with zero attached hydrogens (tertiary/aromatic N) is 3. The van der Waals surface area contributed by atoms with Gasteiger partial charge in [-0.1, -0.05) is 80.4 Å². The van der Waals surface area contributed by atoms with Crippen LogP contribution in [0.2, 0.25) is 5.02 Å². The highest BCUT2D eigenvalue weighted by Gasteiger charge is 2.25. The third kappa shape index (κ3) is 22.3. The molecule has 1 aromatic carbocycles. The zero-order valence-corrected chi connectivity index (χ0v) is 25.4. The number of sulfone groups is 1. The number of hydrogen-bond donors (Lipinski definition) is 1. The van der Waals surface area contributed by atoms with E-state index in [9.17, 15) is 8.42 Å². The summed E-state index contributed by atoms with van der Waals surface area (Å²) in [4.78, 5) is 11.2. The first kappa shape index (κ1) is 37.7. The number of piperidine rings is 1. The lowest BCUT2D eigenvalue weighted by Gasteiger charge is -2.37. The lowest BCUT2D eigenvalue weighted by Crippen LogP contribution is -2.37. The highest BCUT2D eigenvalue weighted by Crippen LogP contribution is 2.32. The quantitative estimate of drug-likeness (QED) is 0.207. The first-order chi connectivity index (χ1) is 18.5. The SMILES string of the molecule is C=C/C=C\C=C.C=CN.C=CN=C\C=C/C(=N/C(C)=C/C)N1CCCCC1c1cccc(Cl)c1.CS(C)(=O)=O. The summed E-state index contributed by atoms with van der Waals surface area (Å²) in [5.41, 5.74) is 6.85. The second-order valence-corrected chi connectivity index (χ2v) is 11.0. The van der Waals surface area contributed by atoms with Gasteiger partial charge >= 0.3 is 0 Å². The second-order valence-electron chi connectivity index (χ2n) is 8.23. The van der Waals surface area contributed by atoms with E-state index in [1.165, 1.54) is 30.8 Å². The third-order valence-corrected chi connectivity index (χ3v) is 4.88. The van der Waals surface area contributed by atoms with E-state index in [2.05, 4.69) is 54.1 Å². The zero-order valence-electron chi connectivity index (χ0n) is 23.8. The van der Waals surface area contributed by atoms with Crippen LogP contribution in [0.4, 0.5) is 0 Å². The van der Waals surface area contributed by atoms with Gasteiger partial charge in [0, 0.05) is 42.2 Å². The Morgan fingerprint density at radius 1 is 1.10 bits per heavy atom. The smallest absolute Gasteiger partial charge is 0.144 e. The molecule has 0 spiro atoms. The summed E-state index contributed by atoms with van der Waals surface area (Å²) in [7, 11) is -2.67. The van der Waals surface area contributed by atoms with Gasteiger partial charge in [-0.3, -0.25) is 4.99 Å². The topological polar surface area (TPSA) is 88.1 Å². The van der Waals surface area contributed by atoms with Crippen LogP contribution in [-0.4, -0.2) is 44.4 Å². The van der Waals surface area contributed by atoms with E-state index in [1.807, 2.05) is 56.4 Å². The van der Waals surface area contributed by atoms with E-state index in [0.717, 1.165) is 42.0 Å². The molecule has 39 heavy (non-hydrogen) atoms. The molecule has 1 aromatic rings. The highest BCUT2D eigenvalue weighted by molar-refractivity contribution is 7.89. The molecule has 2 N–H and O–H groups in total. The van der Waals surface area contributed by atoms with Crippen molar-refractivity contribution in [1.82, 2.24) is 4.90 Å². The number of hydrogen-bond acceptors (Lipinski definition) is 5. The second kappa shape index (κ2) is 23.7. The Hall–Kier alpha value is -3.42. The molecule has 1 heterocycles.